The zero-order valence-corrected chi connectivity index (χ0v) is 14.0. The van der Waals surface area contributed by atoms with Crippen LogP contribution in [0.1, 0.15) is 12.1 Å². The fourth-order valence-corrected chi connectivity index (χ4v) is 3.50. The van der Waals surface area contributed by atoms with Crippen LogP contribution >= 0.6 is 11.6 Å². The average molecular weight is 363 g/mol. The number of halogens is 1. The van der Waals surface area contributed by atoms with Gasteiger partial charge in [0.05, 0.1) is 23.5 Å². The van der Waals surface area contributed by atoms with Crippen LogP contribution in [-0.4, -0.2) is 39.4 Å². The summed E-state index contributed by atoms with van der Waals surface area (Å²) in [5.41, 5.74) is 0.412. The van der Waals surface area contributed by atoms with Crippen molar-refractivity contribution in [2.45, 2.75) is 24.8 Å². The fraction of sp³-hybridized carbons (Fsp3) is 0.455. The van der Waals surface area contributed by atoms with Crippen molar-refractivity contribution in [2.75, 3.05) is 6.54 Å². The summed E-state index contributed by atoms with van der Waals surface area (Å²) < 4.78 is 29.4. The molecule has 23 heavy (non-hydrogen) atoms. The third kappa shape index (κ3) is 4.06. The van der Waals surface area contributed by atoms with Gasteiger partial charge < -0.3 is 10.1 Å². The second-order valence-corrected chi connectivity index (χ2v) is 6.97. The standard InChI is InChI=1S/C11H15ClN6O4S/c1-8-10(7-16(2)14-8)23(21,22)13-4-3-5-17-6-9(12)11(15-17)18(19)20/h6-7,13H,3-5H2,1-2H3. The average Bonchev–Trinajstić information content (AvgIpc) is 2.98. The molecule has 0 fully saturated rings. The number of nitrogens with zero attached hydrogens (tertiary/aromatic N) is 5. The van der Waals surface area contributed by atoms with Crippen molar-refractivity contribution in [3.8, 4) is 0 Å². The van der Waals surface area contributed by atoms with Crippen LogP contribution in [-0.2, 0) is 23.6 Å². The predicted molar refractivity (Wildman–Crippen MR) is 81.6 cm³/mol. The van der Waals surface area contributed by atoms with Gasteiger partial charge in [0.1, 0.15) is 4.90 Å². The summed E-state index contributed by atoms with van der Waals surface area (Å²) >= 11 is 5.68. The van der Waals surface area contributed by atoms with Crippen LogP contribution in [0.15, 0.2) is 17.3 Å². The van der Waals surface area contributed by atoms with Crippen LogP contribution in [0.4, 0.5) is 5.82 Å². The second-order valence-electron chi connectivity index (χ2n) is 4.82. The van der Waals surface area contributed by atoms with Gasteiger partial charge in [0.15, 0.2) is 5.02 Å². The molecule has 0 aliphatic rings. The highest BCUT2D eigenvalue weighted by molar-refractivity contribution is 7.89. The zero-order valence-electron chi connectivity index (χ0n) is 12.4. The van der Waals surface area contributed by atoms with Gasteiger partial charge in [0.2, 0.25) is 10.0 Å². The van der Waals surface area contributed by atoms with Crippen LogP contribution in [0, 0.1) is 17.0 Å². The van der Waals surface area contributed by atoms with Crippen LogP contribution < -0.4 is 4.72 Å². The minimum absolute atomic E-state index is 0.0541. The lowest BCUT2D eigenvalue weighted by atomic mass is 10.4. The van der Waals surface area contributed by atoms with Crippen molar-refractivity contribution in [2.24, 2.45) is 7.05 Å². The van der Waals surface area contributed by atoms with E-state index >= 15 is 0 Å². The number of nitrogens with one attached hydrogen (secondary N) is 1. The largest absolute Gasteiger partial charge is 0.408 e. The van der Waals surface area contributed by atoms with E-state index in [4.69, 9.17) is 11.6 Å². The molecule has 0 aliphatic heterocycles. The summed E-state index contributed by atoms with van der Waals surface area (Å²) in [6.45, 7) is 2.06. The maximum atomic E-state index is 12.1. The first-order valence-corrected chi connectivity index (χ1v) is 8.44. The first-order chi connectivity index (χ1) is 10.7. The van der Waals surface area contributed by atoms with Gasteiger partial charge in [-0.25, -0.2) is 13.1 Å². The Kier molecular flexibility index (Phi) is 5.02. The van der Waals surface area contributed by atoms with Crippen molar-refractivity contribution in [3.63, 3.8) is 0 Å². The Morgan fingerprint density at radius 1 is 1.39 bits per heavy atom. The van der Waals surface area contributed by atoms with Crippen molar-refractivity contribution in [1.82, 2.24) is 24.3 Å². The molecule has 10 nitrogen and oxygen atoms in total. The summed E-state index contributed by atoms with van der Waals surface area (Å²) in [5.74, 6) is -0.418. The molecule has 0 bridgehead atoms. The van der Waals surface area contributed by atoms with Crippen LogP contribution in [0.3, 0.4) is 0 Å². The Balaban J connectivity index is 1.91. The first kappa shape index (κ1) is 17.4. The van der Waals surface area contributed by atoms with Gasteiger partial charge >= 0.3 is 5.82 Å². The van der Waals surface area contributed by atoms with E-state index in [2.05, 4.69) is 14.9 Å². The fourth-order valence-electron chi connectivity index (χ4n) is 1.99. The lowest BCUT2D eigenvalue weighted by Crippen LogP contribution is -2.26. The van der Waals surface area contributed by atoms with E-state index in [-0.39, 0.29) is 16.5 Å². The van der Waals surface area contributed by atoms with E-state index in [1.807, 2.05) is 0 Å². The molecule has 12 heteroatoms. The van der Waals surface area contributed by atoms with E-state index in [1.165, 1.54) is 21.8 Å². The highest BCUT2D eigenvalue weighted by Crippen LogP contribution is 2.21. The molecular weight excluding hydrogens is 348 g/mol. The monoisotopic (exact) mass is 362 g/mol. The topological polar surface area (TPSA) is 125 Å². The quantitative estimate of drug-likeness (QED) is 0.442. The Hall–Kier alpha value is -1.98. The van der Waals surface area contributed by atoms with Crippen molar-refractivity contribution < 1.29 is 13.3 Å². The molecule has 0 unspecified atom stereocenters. The third-order valence-corrected chi connectivity index (χ3v) is 4.82. The molecule has 0 saturated heterocycles. The molecule has 2 rings (SSSR count). The molecule has 1 N–H and O–H groups in total. The van der Waals surface area contributed by atoms with E-state index in [0.29, 0.717) is 18.7 Å². The van der Waals surface area contributed by atoms with Crippen molar-refractivity contribution >= 4 is 27.4 Å². The molecule has 2 aromatic heterocycles. The smallest absolute Gasteiger partial charge is 0.358 e. The second kappa shape index (κ2) is 6.64. The lowest BCUT2D eigenvalue weighted by Gasteiger charge is -2.04. The van der Waals surface area contributed by atoms with Crippen molar-refractivity contribution in [1.29, 1.82) is 0 Å². The Bertz CT molecular complexity index is 828. The summed E-state index contributed by atoms with van der Waals surface area (Å²) in [6, 6.07) is 0. The SMILES string of the molecule is Cc1nn(C)cc1S(=O)(=O)NCCCn1cc(Cl)c([N+](=O)[O-])n1. The molecule has 0 spiro atoms. The number of sulfonamides is 1. The zero-order chi connectivity index (χ0) is 17.2. The molecule has 0 amide bonds. The predicted octanol–water partition coefficient (Wildman–Crippen LogP) is 0.855. The first-order valence-electron chi connectivity index (χ1n) is 6.58. The molecule has 0 aliphatic carbocycles. The van der Waals surface area contributed by atoms with Crippen LogP contribution in [0.5, 0.6) is 0 Å². The number of hydrogen-bond acceptors (Lipinski definition) is 6. The van der Waals surface area contributed by atoms with E-state index in [0.717, 1.165) is 0 Å². The van der Waals surface area contributed by atoms with Gasteiger partial charge in [-0.3, -0.25) is 4.68 Å². The van der Waals surface area contributed by atoms with Gasteiger partial charge in [0, 0.05) is 19.8 Å². The number of nitro groups is 1. The molecule has 2 heterocycles. The van der Waals surface area contributed by atoms with Gasteiger partial charge in [-0.05, 0) is 18.3 Å². The molecule has 0 aromatic carbocycles. The van der Waals surface area contributed by atoms with Gasteiger partial charge in [-0.15, -0.1) is 0 Å². The number of hydrogen-bond donors (Lipinski definition) is 1. The molecule has 2 aromatic rings. The number of aryl methyl sites for hydroxylation is 3. The minimum Gasteiger partial charge on any atom is -0.358 e. The van der Waals surface area contributed by atoms with Crippen LogP contribution in [0.25, 0.3) is 0 Å². The van der Waals surface area contributed by atoms with Gasteiger partial charge in [0.25, 0.3) is 0 Å². The summed E-state index contributed by atoms with van der Waals surface area (Å²) in [4.78, 5) is 10.1. The van der Waals surface area contributed by atoms with Crippen LogP contribution in [0.2, 0.25) is 5.02 Å². The molecule has 126 valence electrons. The maximum Gasteiger partial charge on any atom is 0.408 e. The van der Waals surface area contributed by atoms with Crippen molar-refractivity contribution in [3.05, 3.63) is 33.2 Å². The normalized spacial score (nSPS) is 11.8. The van der Waals surface area contributed by atoms with Gasteiger partial charge in [-0.1, -0.05) is 11.6 Å². The summed E-state index contributed by atoms with van der Waals surface area (Å²) in [7, 11) is -2.00. The molecule has 0 radical (unpaired) electrons. The van der Waals surface area contributed by atoms with E-state index in [9.17, 15) is 18.5 Å². The maximum absolute atomic E-state index is 12.1. The number of rotatable bonds is 7. The molecule has 0 atom stereocenters. The minimum atomic E-state index is -3.64. The van der Waals surface area contributed by atoms with E-state index in [1.54, 1.807) is 14.0 Å². The van der Waals surface area contributed by atoms with Gasteiger partial charge in [-0.2, -0.15) is 9.78 Å². The van der Waals surface area contributed by atoms with E-state index < -0.39 is 20.8 Å². The Morgan fingerprint density at radius 2 is 2.09 bits per heavy atom. The molecule has 0 saturated carbocycles. The third-order valence-electron chi connectivity index (χ3n) is 2.99. The highest BCUT2D eigenvalue weighted by atomic mass is 35.5. The summed E-state index contributed by atoms with van der Waals surface area (Å²) in [6.07, 6.45) is 3.15. The highest BCUT2D eigenvalue weighted by Gasteiger charge is 2.20. The lowest BCUT2D eigenvalue weighted by molar-refractivity contribution is -0.389. The summed E-state index contributed by atoms with van der Waals surface area (Å²) in [5, 5.41) is 18.3. The Morgan fingerprint density at radius 3 is 2.61 bits per heavy atom. The number of aromatic nitrogens is 4. The molecular formula is C11H15ClN6O4S. The Labute approximate surface area is 137 Å².